The van der Waals surface area contributed by atoms with Gasteiger partial charge in [0.2, 0.25) is 0 Å². The molecule has 29 heavy (non-hydrogen) atoms. The van der Waals surface area contributed by atoms with Gasteiger partial charge < -0.3 is 10.1 Å². The minimum absolute atomic E-state index is 0.185. The van der Waals surface area contributed by atoms with Gasteiger partial charge in [0.05, 0.1) is 11.7 Å². The molecular formula is C24H20N2O3. The van der Waals surface area contributed by atoms with Gasteiger partial charge in [0, 0.05) is 23.0 Å². The molecule has 3 aromatic rings. The monoisotopic (exact) mass is 384 g/mol. The zero-order valence-corrected chi connectivity index (χ0v) is 16.2. The van der Waals surface area contributed by atoms with E-state index in [4.69, 9.17) is 4.74 Å². The van der Waals surface area contributed by atoms with Crippen molar-refractivity contribution in [3.05, 3.63) is 95.3 Å². The normalized spacial score (nSPS) is 10.0. The summed E-state index contributed by atoms with van der Waals surface area (Å²) in [5.41, 5.74) is 2.89. The Bertz CT molecular complexity index is 1060. The lowest BCUT2D eigenvalue weighted by Gasteiger charge is -2.09. The van der Waals surface area contributed by atoms with E-state index in [0.717, 1.165) is 5.56 Å². The summed E-state index contributed by atoms with van der Waals surface area (Å²) in [6.45, 7) is 3.59. The lowest BCUT2D eigenvalue weighted by molar-refractivity contribution is 0.0378. The second kappa shape index (κ2) is 9.34. The third-order valence-corrected chi connectivity index (χ3v) is 3.85. The molecule has 0 saturated heterocycles. The fourth-order valence-corrected chi connectivity index (χ4v) is 2.49. The maximum absolute atomic E-state index is 12.5. The number of amides is 1. The molecule has 0 unspecified atom stereocenters. The summed E-state index contributed by atoms with van der Waals surface area (Å²) in [5, 5.41) is 2.81. The van der Waals surface area contributed by atoms with Crippen LogP contribution in [0.1, 0.15) is 45.8 Å². The Morgan fingerprint density at radius 2 is 1.72 bits per heavy atom. The third kappa shape index (κ3) is 5.78. The maximum Gasteiger partial charge on any atom is 0.338 e. The highest BCUT2D eigenvalue weighted by atomic mass is 16.5. The summed E-state index contributed by atoms with van der Waals surface area (Å²) in [7, 11) is 0. The summed E-state index contributed by atoms with van der Waals surface area (Å²) in [4.78, 5) is 28.6. The van der Waals surface area contributed by atoms with Crippen LogP contribution in [0.15, 0.2) is 72.9 Å². The number of pyridine rings is 1. The van der Waals surface area contributed by atoms with Crippen molar-refractivity contribution in [2.75, 3.05) is 5.32 Å². The Morgan fingerprint density at radius 1 is 0.931 bits per heavy atom. The molecule has 0 bridgehead atoms. The van der Waals surface area contributed by atoms with Gasteiger partial charge in [0.15, 0.2) is 0 Å². The summed E-state index contributed by atoms with van der Waals surface area (Å²) >= 11 is 0. The molecule has 0 aliphatic rings. The molecule has 144 valence electrons. The SMILES string of the molecule is CC(C)OC(=O)c1ccc(NC(=O)c2cccc(C#Cc3ccccn3)c2)cc1. The van der Waals surface area contributed by atoms with E-state index in [1.807, 2.05) is 24.3 Å². The van der Waals surface area contributed by atoms with Gasteiger partial charge >= 0.3 is 5.97 Å². The van der Waals surface area contributed by atoms with Crippen LogP contribution in [-0.4, -0.2) is 23.0 Å². The lowest BCUT2D eigenvalue weighted by atomic mass is 10.1. The van der Waals surface area contributed by atoms with Crippen molar-refractivity contribution >= 4 is 17.6 Å². The van der Waals surface area contributed by atoms with E-state index >= 15 is 0 Å². The molecular weight excluding hydrogens is 364 g/mol. The number of hydrogen-bond donors (Lipinski definition) is 1. The number of carbonyl (C=O) groups is 2. The van der Waals surface area contributed by atoms with E-state index in [-0.39, 0.29) is 12.0 Å². The Hall–Kier alpha value is -3.91. The van der Waals surface area contributed by atoms with Crippen molar-refractivity contribution in [1.82, 2.24) is 4.98 Å². The third-order valence-electron chi connectivity index (χ3n) is 3.85. The zero-order chi connectivity index (χ0) is 20.6. The van der Waals surface area contributed by atoms with Crippen molar-refractivity contribution in [3.63, 3.8) is 0 Å². The summed E-state index contributed by atoms with van der Waals surface area (Å²) in [5.74, 6) is 5.33. The topological polar surface area (TPSA) is 68.3 Å². The molecule has 0 fully saturated rings. The first kappa shape index (κ1) is 19.8. The minimum Gasteiger partial charge on any atom is -0.459 e. The van der Waals surface area contributed by atoms with Gasteiger partial charge in [-0.1, -0.05) is 18.1 Å². The van der Waals surface area contributed by atoms with Gasteiger partial charge in [0.25, 0.3) is 5.91 Å². The Balaban J connectivity index is 1.68. The van der Waals surface area contributed by atoms with Gasteiger partial charge in [-0.05, 0) is 74.4 Å². The molecule has 0 aliphatic heterocycles. The van der Waals surface area contributed by atoms with Gasteiger partial charge in [-0.3, -0.25) is 4.79 Å². The largest absolute Gasteiger partial charge is 0.459 e. The number of benzene rings is 2. The molecule has 5 nitrogen and oxygen atoms in total. The predicted octanol–water partition coefficient (Wildman–Crippen LogP) is 4.30. The molecule has 1 amide bonds. The second-order valence-corrected chi connectivity index (χ2v) is 6.53. The maximum atomic E-state index is 12.5. The van der Waals surface area contributed by atoms with Crippen molar-refractivity contribution in [3.8, 4) is 11.8 Å². The quantitative estimate of drug-likeness (QED) is 0.538. The molecule has 2 aromatic carbocycles. The molecule has 3 rings (SSSR count). The summed E-state index contributed by atoms with van der Waals surface area (Å²) < 4.78 is 5.15. The molecule has 5 heteroatoms. The number of carbonyl (C=O) groups excluding carboxylic acids is 2. The van der Waals surface area contributed by atoms with Crippen LogP contribution in [0.2, 0.25) is 0 Å². The van der Waals surface area contributed by atoms with E-state index in [9.17, 15) is 9.59 Å². The predicted molar refractivity (Wildman–Crippen MR) is 112 cm³/mol. The van der Waals surface area contributed by atoms with E-state index in [2.05, 4.69) is 22.1 Å². The van der Waals surface area contributed by atoms with E-state index in [1.165, 1.54) is 0 Å². The van der Waals surface area contributed by atoms with Crippen LogP contribution in [0, 0.1) is 11.8 Å². The minimum atomic E-state index is -0.392. The van der Waals surface area contributed by atoms with Crippen LogP contribution >= 0.6 is 0 Å². The molecule has 1 N–H and O–H groups in total. The fraction of sp³-hybridized carbons (Fsp3) is 0.125. The second-order valence-electron chi connectivity index (χ2n) is 6.53. The van der Waals surface area contributed by atoms with E-state index in [1.54, 1.807) is 62.5 Å². The van der Waals surface area contributed by atoms with Crippen LogP contribution in [0.4, 0.5) is 5.69 Å². The van der Waals surface area contributed by atoms with Crippen LogP contribution in [0.3, 0.4) is 0 Å². The molecule has 1 aromatic heterocycles. The van der Waals surface area contributed by atoms with E-state index in [0.29, 0.717) is 22.5 Å². The number of ether oxygens (including phenoxy) is 1. The zero-order valence-electron chi connectivity index (χ0n) is 16.2. The number of nitrogens with one attached hydrogen (secondary N) is 1. The van der Waals surface area contributed by atoms with Crippen LogP contribution in [0.5, 0.6) is 0 Å². The summed E-state index contributed by atoms with van der Waals surface area (Å²) in [6, 6.07) is 19.2. The first-order valence-electron chi connectivity index (χ1n) is 9.17. The number of hydrogen-bond acceptors (Lipinski definition) is 4. The molecule has 0 aliphatic carbocycles. The average molecular weight is 384 g/mol. The Kier molecular flexibility index (Phi) is 6.39. The van der Waals surface area contributed by atoms with Crippen molar-refractivity contribution in [1.29, 1.82) is 0 Å². The molecule has 0 atom stereocenters. The lowest BCUT2D eigenvalue weighted by Crippen LogP contribution is -2.13. The van der Waals surface area contributed by atoms with Gasteiger partial charge in [0.1, 0.15) is 5.69 Å². The van der Waals surface area contributed by atoms with Crippen molar-refractivity contribution in [2.45, 2.75) is 20.0 Å². The number of esters is 1. The molecule has 0 radical (unpaired) electrons. The average Bonchev–Trinajstić information content (AvgIpc) is 2.73. The highest BCUT2D eigenvalue weighted by molar-refractivity contribution is 6.04. The smallest absolute Gasteiger partial charge is 0.338 e. The number of aromatic nitrogens is 1. The van der Waals surface area contributed by atoms with Gasteiger partial charge in [-0.25, -0.2) is 9.78 Å². The van der Waals surface area contributed by atoms with Gasteiger partial charge in [-0.2, -0.15) is 0 Å². The van der Waals surface area contributed by atoms with Crippen LogP contribution < -0.4 is 5.32 Å². The van der Waals surface area contributed by atoms with Crippen molar-refractivity contribution < 1.29 is 14.3 Å². The standard InChI is InChI=1S/C24H20N2O3/c1-17(2)29-24(28)19-10-13-22(14-11-19)26-23(27)20-7-5-6-18(16-20)9-12-21-8-3-4-15-25-21/h3-8,10-11,13-17H,1-2H3,(H,26,27). The number of rotatable bonds is 4. The van der Waals surface area contributed by atoms with Crippen LogP contribution in [-0.2, 0) is 4.74 Å². The Morgan fingerprint density at radius 3 is 2.41 bits per heavy atom. The van der Waals surface area contributed by atoms with Crippen LogP contribution in [0.25, 0.3) is 0 Å². The highest BCUT2D eigenvalue weighted by Crippen LogP contribution is 2.13. The number of nitrogens with zero attached hydrogens (tertiary/aromatic N) is 1. The Labute approximate surface area is 169 Å². The fourth-order valence-electron chi connectivity index (χ4n) is 2.49. The number of anilines is 1. The summed E-state index contributed by atoms with van der Waals surface area (Å²) in [6.07, 6.45) is 1.50. The van der Waals surface area contributed by atoms with Gasteiger partial charge in [-0.15, -0.1) is 0 Å². The first-order valence-corrected chi connectivity index (χ1v) is 9.17. The van der Waals surface area contributed by atoms with E-state index < -0.39 is 5.97 Å². The molecule has 1 heterocycles. The molecule has 0 spiro atoms. The molecule has 0 saturated carbocycles. The van der Waals surface area contributed by atoms with Crippen molar-refractivity contribution in [2.24, 2.45) is 0 Å². The highest BCUT2D eigenvalue weighted by Gasteiger charge is 2.10. The first-order chi connectivity index (χ1) is 14.0.